The molecule has 0 aromatic heterocycles. The molecule has 8 heteroatoms. The zero-order valence-corrected chi connectivity index (χ0v) is 14.4. The molecule has 0 heterocycles. The molecule has 0 atom stereocenters. The summed E-state index contributed by atoms with van der Waals surface area (Å²) in [7, 11) is -3.62. The number of hydrogen-bond acceptors (Lipinski definition) is 3. The number of carbonyl (C=O) groups excluding carboxylic acids is 1. The molecule has 0 saturated carbocycles. The van der Waals surface area contributed by atoms with Crippen molar-refractivity contribution < 1.29 is 17.6 Å². The Balaban J connectivity index is 2.08. The molecule has 0 aliphatic heterocycles. The molecule has 128 valence electrons. The van der Waals surface area contributed by atoms with Gasteiger partial charge in [-0.05, 0) is 35.9 Å². The summed E-state index contributed by atoms with van der Waals surface area (Å²) in [6.07, 6.45) is 1.02. The predicted molar refractivity (Wildman–Crippen MR) is 91.7 cm³/mol. The Labute approximate surface area is 145 Å². The summed E-state index contributed by atoms with van der Waals surface area (Å²) in [6, 6.07) is 12.0. The fourth-order valence-corrected chi connectivity index (χ4v) is 2.94. The SMILES string of the molecule is CS(=O)(=O)N(CC(=O)Nc1cccc(Cl)c1)Cc1ccc(F)cc1. The van der Waals surface area contributed by atoms with E-state index in [2.05, 4.69) is 5.32 Å². The number of nitrogens with zero attached hydrogens (tertiary/aromatic N) is 1. The average Bonchev–Trinajstić information content (AvgIpc) is 2.48. The van der Waals surface area contributed by atoms with Crippen molar-refractivity contribution in [1.29, 1.82) is 0 Å². The van der Waals surface area contributed by atoms with Crippen LogP contribution in [0.5, 0.6) is 0 Å². The van der Waals surface area contributed by atoms with Crippen LogP contribution in [-0.4, -0.2) is 31.4 Å². The van der Waals surface area contributed by atoms with E-state index in [1.165, 1.54) is 24.3 Å². The molecule has 0 aliphatic carbocycles. The molecule has 0 spiro atoms. The van der Waals surface area contributed by atoms with Gasteiger partial charge in [-0.3, -0.25) is 4.79 Å². The maximum Gasteiger partial charge on any atom is 0.239 e. The number of sulfonamides is 1. The minimum absolute atomic E-state index is 0.0257. The Morgan fingerprint density at radius 1 is 1.21 bits per heavy atom. The molecule has 2 rings (SSSR count). The Morgan fingerprint density at radius 3 is 2.46 bits per heavy atom. The molecule has 0 fully saturated rings. The Bertz CT molecular complexity index is 825. The van der Waals surface area contributed by atoms with Crippen LogP contribution in [0, 0.1) is 5.82 Å². The second kappa shape index (κ2) is 7.74. The first-order valence-electron chi connectivity index (χ1n) is 6.99. The largest absolute Gasteiger partial charge is 0.325 e. The van der Waals surface area contributed by atoms with Crippen LogP contribution < -0.4 is 5.32 Å². The Kier molecular flexibility index (Phi) is 5.93. The highest BCUT2D eigenvalue weighted by Gasteiger charge is 2.20. The fraction of sp³-hybridized carbons (Fsp3) is 0.188. The monoisotopic (exact) mass is 370 g/mol. The summed E-state index contributed by atoms with van der Waals surface area (Å²) >= 11 is 5.84. The van der Waals surface area contributed by atoms with E-state index in [9.17, 15) is 17.6 Å². The maximum atomic E-state index is 12.9. The van der Waals surface area contributed by atoms with E-state index >= 15 is 0 Å². The van der Waals surface area contributed by atoms with Gasteiger partial charge in [0.2, 0.25) is 15.9 Å². The van der Waals surface area contributed by atoms with Gasteiger partial charge in [-0.15, -0.1) is 0 Å². The van der Waals surface area contributed by atoms with Gasteiger partial charge in [-0.1, -0.05) is 29.8 Å². The first-order valence-corrected chi connectivity index (χ1v) is 9.21. The molecule has 0 bridgehead atoms. The molecule has 5 nitrogen and oxygen atoms in total. The summed E-state index contributed by atoms with van der Waals surface area (Å²) in [5.41, 5.74) is 1.06. The summed E-state index contributed by atoms with van der Waals surface area (Å²) in [4.78, 5) is 12.1. The maximum absolute atomic E-state index is 12.9. The third kappa shape index (κ3) is 5.59. The summed E-state index contributed by atoms with van der Waals surface area (Å²) in [5, 5.41) is 3.05. The molecule has 0 aliphatic rings. The lowest BCUT2D eigenvalue weighted by Gasteiger charge is -2.19. The van der Waals surface area contributed by atoms with Crippen molar-refractivity contribution >= 4 is 33.2 Å². The number of halogens is 2. The van der Waals surface area contributed by atoms with Gasteiger partial charge in [0.25, 0.3) is 0 Å². The number of anilines is 1. The Hall–Kier alpha value is -1.96. The molecule has 1 N–H and O–H groups in total. The molecule has 0 saturated heterocycles. The minimum Gasteiger partial charge on any atom is -0.325 e. The van der Waals surface area contributed by atoms with Crippen molar-refractivity contribution in [2.24, 2.45) is 0 Å². The molecule has 24 heavy (non-hydrogen) atoms. The van der Waals surface area contributed by atoms with Crippen LogP contribution in [0.1, 0.15) is 5.56 Å². The van der Waals surface area contributed by atoms with Crippen LogP contribution >= 0.6 is 11.6 Å². The van der Waals surface area contributed by atoms with Crippen LogP contribution in [0.25, 0.3) is 0 Å². The van der Waals surface area contributed by atoms with Crippen LogP contribution in [0.15, 0.2) is 48.5 Å². The van der Waals surface area contributed by atoms with Crippen molar-refractivity contribution in [3.63, 3.8) is 0 Å². The normalized spacial score (nSPS) is 11.5. The zero-order valence-electron chi connectivity index (χ0n) is 12.9. The highest BCUT2D eigenvalue weighted by Crippen LogP contribution is 2.15. The van der Waals surface area contributed by atoms with E-state index in [1.807, 2.05) is 0 Å². The standard InChI is InChI=1S/C16H16ClFN2O3S/c1-24(22,23)20(10-12-5-7-14(18)8-6-12)11-16(21)19-15-4-2-3-13(17)9-15/h2-9H,10-11H2,1H3,(H,19,21). The lowest BCUT2D eigenvalue weighted by molar-refractivity contribution is -0.116. The highest BCUT2D eigenvalue weighted by atomic mass is 35.5. The minimum atomic E-state index is -3.62. The summed E-state index contributed by atoms with van der Waals surface area (Å²) in [6.45, 7) is -0.384. The van der Waals surface area contributed by atoms with Crippen LogP contribution in [0.2, 0.25) is 5.02 Å². The van der Waals surface area contributed by atoms with E-state index < -0.39 is 21.7 Å². The van der Waals surface area contributed by atoms with Crippen molar-refractivity contribution in [1.82, 2.24) is 4.31 Å². The topological polar surface area (TPSA) is 66.5 Å². The first-order chi connectivity index (χ1) is 11.2. The van der Waals surface area contributed by atoms with Gasteiger partial charge in [-0.25, -0.2) is 12.8 Å². The lowest BCUT2D eigenvalue weighted by atomic mass is 10.2. The van der Waals surface area contributed by atoms with Crippen molar-refractivity contribution in [3.8, 4) is 0 Å². The Morgan fingerprint density at radius 2 is 1.88 bits per heavy atom. The molecule has 2 aromatic carbocycles. The van der Waals surface area contributed by atoms with Gasteiger partial charge < -0.3 is 5.32 Å². The zero-order chi connectivity index (χ0) is 17.7. The molecule has 0 unspecified atom stereocenters. The second-order valence-electron chi connectivity index (χ2n) is 5.22. The number of amides is 1. The molecule has 2 aromatic rings. The number of benzene rings is 2. The van der Waals surface area contributed by atoms with Gasteiger partial charge in [-0.2, -0.15) is 4.31 Å². The van der Waals surface area contributed by atoms with Gasteiger partial charge >= 0.3 is 0 Å². The molecule has 0 radical (unpaired) electrons. The highest BCUT2D eigenvalue weighted by molar-refractivity contribution is 7.88. The van der Waals surface area contributed by atoms with Crippen LogP contribution in [0.4, 0.5) is 10.1 Å². The average molecular weight is 371 g/mol. The summed E-state index contributed by atoms with van der Waals surface area (Å²) in [5.74, 6) is -0.909. The van der Waals surface area contributed by atoms with Crippen LogP contribution in [-0.2, 0) is 21.4 Å². The molecular weight excluding hydrogens is 355 g/mol. The number of nitrogens with one attached hydrogen (secondary N) is 1. The number of carbonyl (C=O) groups is 1. The quantitative estimate of drug-likeness (QED) is 0.850. The third-order valence-electron chi connectivity index (χ3n) is 3.17. The fourth-order valence-electron chi connectivity index (χ4n) is 2.01. The van der Waals surface area contributed by atoms with E-state index in [0.29, 0.717) is 16.3 Å². The first kappa shape index (κ1) is 18.4. The lowest BCUT2D eigenvalue weighted by Crippen LogP contribution is -2.36. The van der Waals surface area contributed by atoms with Crippen molar-refractivity contribution in [3.05, 3.63) is 64.9 Å². The van der Waals surface area contributed by atoms with Gasteiger partial charge in [0.1, 0.15) is 5.82 Å². The molecule has 1 amide bonds. The molecular formula is C16H16ClFN2O3S. The van der Waals surface area contributed by atoms with Gasteiger partial charge in [0.15, 0.2) is 0 Å². The number of hydrogen-bond donors (Lipinski definition) is 1. The second-order valence-corrected chi connectivity index (χ2v) is 7.63. The van der Waals surface area contributed by atoms with E-state index in [1.54, 1.807) is 24.3 Å². The number of rotatable bonds is 6. The van der Waals surface area contributed by atoms with Crippen molar-refractivity contribution in [2.45, 2.75) is 6.54 Å². The van der Waals surface area contributed by atoms with Gasteiger partial charge in [0.05, 0.1) is 12.8 Å². The van der Waals surface area contributed by atoms with E-state index in [-0.39, 0.29) is 13.1 Å². The van der Waals surface area contributed by atoms with Gasteiger partial charge in [0, 0.05) is 17.3 Å². The van der Waals surface area contributed by atoms with E-state index in [4.69, 9.17) is 11.6 Å². The predicted octanol–water partition coefficient (Wildman–Crippen LogP) is 2.88. The third-order valence-corrected chi connectivity index (χ3v) is 4.60. The van der Waals surface area contributed by atoms with Crippen molar-refractivity contribution in [2.75, 3.05) is 18.1 Å². The van der Waals surface area contributed by atoms with E-state index in [0.717, 1.165) is 10.6 Å². The smallest absolute Gasteiger partial charge is 0.239 e. The van der Waals surface area contributed by atoms with Crippen LogP contribution in [0.3, 0.4) is 0 Å². The summed E-state index contributed by atoms with van der Waals surface area (Å²) < 4.78 is 37.7.